The van der Waals surface area contributed by atoms with Gasteiger partial charge in [0, 0.05) is 11.9 Å². The van der Waals surface area contributed by atoms with Crippen molar-refractivity contribution in [2.75, 3.05) is 7.11 Å². The maximum absolute atomic E-state index is 10.0. The first-order valence-corrected chi connectivity index (χ1v) is 7.56. The lowest BCUT2D eigenvalue weighted by molar-refractivity contribution is 0.370. The molecule has 3 heteroatoms. The number of methoxy groups -OCH3 is 1. The van der Waals surface area contributed by atoms with Gasteiger partial charge in [0.1, 0.15) is 0 Å². The van der Waals surface area contributed by atoms with Crippen molar-refractivity contribution in [2.24, 2.45) is 0 Å². The van der Waals surface area contributed by atoms with Gasteiger partial charge in [-0.2, -0.15) is 0 Å². The highest BCUT2D eigenvalue weighted by molar-refractivity contribution is 5.45. The number of phenols is 1. The summed E-state index contributed by atoms with van der Waals surface area (Å²) in [7, 11) is 1.58. The van der Waals surface area contributed by atoms with E-state index in [-0.39, 0.29) is 5.75 Å². The minimum Gasteiger partial charge on any atom is -0.504 e. The first-order chi connectivity index (χ1) is 10.3. The van der Waals surface area contributed by atoms with Crippen molar-refractivity contribution in [1.29, 1.82) is 0 Å². The molecule has 2 aromatic rings. The number of hydrogen-bond acceptors (Lipinski definition) is 3. The number of unbranched alkanes of at least 4 members (excludes halogenated alkanes) is 3. The maximum atomic E-state index is 10.0. The minimum absolute atomic E-state index is 0.286. The molecule has 0 bridgehead atoms. The van der Waals surface area contributed by atoms with E-state index in [4.69, 9.17) is 4.74 Å². The van der Waals surface area contributed by atoms with Crippen LogP contribution in [0.4, 0.5) is 0 Å². The Morgan fingerprint density at radius 3 is 2.48 bits per heavy atom. The number of nitrogens with zero attached hydrogens (tertiary/aromatic N) is 1. The Morgan fingerprint density at radius 1 is 0.952 bits per heavy atom. The highest BCUT2D eigenvalue weighted by Gasteiger charge is 2.06. The summed E-state index contributed by atoms with van der Waals surface area (Å²) in [6.07, 6.45) is 8.41. The lowest BCUT2D eigenvalue weighted by Gasteiger charge is -2.08. The molecule has 0 aliphatic rings. The Hall–Kier alpha value is -2.03. The van der Waals surface area contributed by atoms with Gasteiger partial charge in [0.2, 0.25) is 0 Å². The van der Waals surface area contributed by atoms with Crippen molar-refractivity contribution >= 4 is 0 Å². The summed E-state index contributed by atoms with van der Waals surface area (Å²) >= 11 is 0. The minimum atomic E-state index is 0.286. The second kappa shape index (κ2) is 8.30. The molecule has 0 saturated carbocycles. The number of pyridine rings is 1. The van der Waals surface area contributed by atoms with Gasteiger partial charge in [0.05, 0.1) is 7.11 Å². The SMILES string of the molecule is COc1cccc(CCCCCCc2ccccn2)c1O. The van der Waals surface area contributed by atoms with Crippen LogP contribution < -0.4 is 4.74 Å². The van der Waals surface area contributed by atoms with E-state index in [0.717, 1.165) is 24.8 Å². The van der Waals surface area contributed by atoms with Crippen LogP contribution in [0.3, 0.4) is 0 Å². The van der Waals surface area contributed by atoms with Crippen LogP contribution in [0.15, 0.2) is 42.6 Å². The van der Waals surface area contributed by atoms with Gasteiger partial charge in [-0.15, -0.1) is 0 Å². The maximum Gasteiger partial charge on any atom is 0.160 e. The molecule has 0 fully saturated rings. The second-order valence-corrected chi connectivity index (χ2v) is 5.20. The Kier molecular flexibility index (Phi) is 6.07. The predicted octanol–water partition coefficient (Wildman–Crippen LogP) is 4.14. The first kappa shape index (κ1) is 15.4. The number of rotatable bonds is 8. The standard InChI is InChI=1S/C18H23NO2/c1-21-17-13-8-10-15(18(17)20)9-4-2-3-5-11-16-12-6-7-14-19-16/h6-8,10,12-14,20H,2-5,9,11H2,1H3. The van der Waals surface area contributed by atoms with Crippen molar-refractivity contribution < 1.29 is 9.84 Å². The third kappa shape index (κ3) is 4.78. The van der Waals surface area contributed by atoms with Gasteiger partial charge in [-0.1, -0.05) is 31.0 Å². The van der Waals surface area contributed by atoms with Crippen molar-refractivity contribution in [2.45, 2.75) is 38.5 Å². The molecule has 0 aliphatic carbocycles. The van der Waals surface area contributed by atoms with Crippen LogP contribution in [-0.2, 0) is 12.8 Å². The van der Waals surface area contributed by atoms with Crippen LogP contribution in [0.25, 0.3) is 0 Å². The Bertz CT molecular complexity index is 540. The fraction of sp³-hybridized carbons (Fsp3) is 0.389. The van der Waals surface area contributed by atoms with Crippen LogP contribution >= 0.6 is 0 Å². The number of para-hydroxylation sites is 1. The van der Waals surface area contributed by atoms with E-state index in [1.807, 2.05) is 30.5 Å². The highest BCUT2D eigenvalue weighted by Crippen LogP contribution is 2.30. The zero-order valence-corrected chi connectivity index (χ0v) is 12.6. The number of aromatic hydroxyl groups is 1. The molecule has 21 heavy (non-hydrogen) atoms. The average molecular weight is 285 g/mol. The van der Waals surface area contributed by atoms with Gasteiger partial charge >= 0.3 is 0 Å². The number of benzene rings is 1. The summed E-state index contributed by atoms with van der Waals surface area (Å²) in [4.78, 5) is 4.33. The number of hydrogen-bond donors (Lipinski definition) is 1. The molecule has 0 aliphatic heterocycles. The van der Waals surface area contributed by atoms with Gasteiger partial charge in [0.25, 0.3) is 0 Å². The highest BCUT2D eigenvalue weighted by atomic mass is 16.5. The summed E-state index contributed by atoms with van der Waals surface area (Å²) in [6, 6.07) is 11.7. The summed E-state index contributed by atoms with van der Waals surface area (Å²) in [6.45, 7) is 0. The largest absolute Gasteiger partial charge is 0.504 e. The molecule has 0 spiro atoms. The summed E-state index contributed by atoms with van der Waals surface area (Å²) in [5.41, 5.74) is 2.14. The van der Waals surface area contributed by atoms with Crippen molar-refractivity contribution in [3.05, 3.63) is 53.9 Å². The quantitative estimate of drug-likeness (QED) is 0.741. The third-order valence-electron chi connectivity index (χ3n) is 3.66. The van der Waals surface area contributed by atoms with E-state index in [9.17, 15) is 5.11 Å². The van der Waals surface area contributed by atoms with Gasteiger partial charge in [-0.3, -0.25) is 4.98 Å². The van der Waals surface area contributed by atoms with Gasteiger partial charge in [-0.25, -0.2) is 0 Å². The van der Waals surface area contributed by atoms with Crippen LogP contribution in [0.1, 0.15) is 36.9 Å². The fourth-order valence-electron chi connectivity index (χ4n) is 2.46. The van der Waals surface area contributed by atoms with E-state index in [0.29, 0.717) is 5.75 Å². The van der Waals surface area contributed by atoms with E-state index in [1.165, 1.54) is 25.0 Å². The van der Waals surface area contributed by atoms with Gasteiger partial charge in [-0.05, 0) is 49.4 Å². The number of ether oxygens (including phenoxy) is 1. The van der Waals surface area contributed by atoms with Crippen LogP contribution in [-0.4, -0.2) is 17.2 Å². The zero-order valence-electron chi connectivity index (χ0n) is 12.6. The number of aromatic nitrogens is 1. The normalized spacial score (nSPS) is 10.5. The molecule has 1 N–H and O–H groups in total. The summed E-state index contributed by atoms with van der Waals surface area (Å²) in [5.74, 6) is 0.844. The third-order valence-corrected chi connectivity index (χ3v) is 3.66. The summed E-state index contributed by atoms with van der Waals surface area (Å²) < 4.78 is 5.12. The number of aryl methyl sites for hydroxylation is 2. The molecular weight excluding hydrogens is 262 g/mol. The molecule has 0 saturated heterocycles. The zero-order chi connectivity index (χ0) is 14.9. The second-order valence-electron chi connectivity index (χ2n) is 5.20. The van der Waals surface area contributed by atoms with Crippen LogP contribution in [0.2, 0.25) is 0 Å². The molecule has 1 aromatic heterocycles. The molecule has 1 aromatic carbocycles. The molecule has 1 heterocycles. The fourth-order valence-corrected chi connectivity index (χ4v) is 2.46. The van der Waals surface area contributed by atoms with E-state index < -0.39 is 0 Å². The van der Waals surface area contributed by atoms with Gasteiger partial charge < -0.3 is 9.84 Å². The van der Waals surface area contributed by atoms with E-state index >= 15 is 0 Å². The number of phenolic OH excluding ortho intramolecular Hbond substituents is 1. The molecule has 3 nitrogen and oxygen atoms in total. The van der Waals surface area contributed by atoms with Crippen molar-refractivity contribution in [3.63, 3.8) is 0 Å². The molecule has 0 atom stereocenters. The lowest BCUT2D eigenvalue weighted by Crippen LogP contribution is -1.92. The van der Waals surface area contributed by atoms with Crippen molar-refractivity contribution in [3.8, 4) is 11.5 Å². The molecular formula is C18H23NO2. The Balaban J connectivity index is 1.66. The molecule has 0 radical (unpaired) electrons. The smallest absolute Gasteiger partial charge is 0.160 e. The molecule has 0 amide bonds. The van der Waals surface area contributed by atoms with E-state index in [2.05, 4.69) is 11.1 Å². The summed E-state index contributed by atoms with van der Waals surface area (Å²) in [5, 5.41) is 10.0. The predicted molar refractivity (Wildman–Crippen MR) is 84.8 cm³/mol. The van der Waals surface area contributed by atoms with Crippen LogP contribution in [0.5, 0.6) is 11.5 Å². The first-order valence-electron chi connectivity index (χ1n) is 7.56. The molecule has 112 valence electrons. The molecule has 2 rings (SSSR count). The van der Waals surface area contributed by atoms with Gasteiger partial charge in [0.15, 0.2) is 11.5 Å². The lowest BCUT2D eigenvalue weighted by atomic mass is 10.0. The van der Waals surface area contributed by atoms with E-state index in [1.54, 1.807) is 13.2 Å². The van der Waals surface area contributed by atoms with Crippen LogP contribution in [0, 0.1) is 0 Å². The Morgan fingerprint density at radius 2 is 1.76 bits per heavy atom. The monoisotopic (exact) mass is 285 g/mol. The topological polar surface area (TPSA) is 42.4 Å². The Labute approximate surface area is 126 Å². The molecule has 0 unspecified atom stereocenters. The van der Waals surface area contributed by atoms with Crippen molar-refractivity contribution in [1.82, 2.24) is 4.98 Å². The average Bonchev–Trinajstić information content (AvgIpc) is 2.53.